The fraction of sp³-hybridized carbons (Fsp3) is 0.419. The number of phenols is 1. The number of benzene rings is 3. The highest BCUT2D eigenvalue weighted by Gasteiger charge is 2.45. The van der Waals surface area contributed by atoms with E-state index in [1.165, 1.54) is 25.7 Å². The topological polar surface area (TPSA) is 76.6 Å². The Kier molecular flexibility index (Phi) is 5.26. The number of aromatic hydroxyl groups is 1. The maximum Gasteiger partial charge on any atom is 0.228 e. The van der Waals surface area contributed by atoms with Crippen molar-refractivity contribution in [1.29, 1.82) is 0 Å². The molecule has 2 unspecified atom stereocenters. The van der Waals surface area contributed by atoms with Crippen LogP contribution in [0, 0.1) is 11.2 Å². The number of phenolic OH excluding ortho intramolecular Hbond substituents is 1. The molecule has 8 heteroatoms. The first-order valence-electron chi connectivity index (χ1n) is 14.2. The van der Waals surface area contributed by atoms with Crippen molar-refractivity contribution in [1.82, 2.24) is 20.6 Å². The predicted octanol–water partition coefficient (Wildman–Crippen LogP) is 4.43. The van der Waals surface area contributed by atoms with E-state index in [9.17, 15) is 5.11 Å². The highest BCUT2D eigenvalue weighted by molar-refractivity contribution is 6.01. The molecule has 1 spiro atoms. The van der Waals surface area contributed by atoms with Crippen molar-refractivity contribution < 1.29 is 9.50 Å². The van der Waals surface area contributed by atoms with Gasteiger partial charge in [-0.25, -0.2) is 9.37 Å². The molecule has 4 aromatic rings. The van der Waals surface area contributed by atoms with Crippen molar-refractivity contribution in [3.05, 3.63) is 54.3 Å². The molecule has 0 aliphatic carbocycles. The Morgan fingerprint density at radius 3 is 2.54 bits per heavy atom. The summed E-state index contributed by atoms with van der Waals surface area (Å²) in [4.78, 5) is 14.6. The zero-order chi connectivity index (χ0) is 26.1. The van der Waals surface area contributed by atoms with E-state index in [2.05, 4.69) is 20.4 Å². The van der Waals surface area contributed by atoms with Gasteiger partial charge in [-0.1, -0.05) is 30.3 Å². The molecule has 200 valence electrons. The van der Waals surface area contributed by atoms with Gasteiger partial charge >= 0.3 is 0 Å². The molecule has 4 aliphatic heterocycles. The van der Waals surface area contributed by atoms with Gasteiger partial charge in [-0.3, -0.25) is 0 Å². The molecule has 4 saturated heterocycles. The van der Waals surface area contributed by atoms with E-state index in [-0.39, 0.29) is 17.0 Å². The Bertz CT molecular complexity index is 1580. The molecule has 2 atom stereocenters. The van der Waals surface area contributed by atoms with Crippen LogP contribution < -0.4 is 20.4 Å². The van der Waals surface area contributed by atoms with Gasteiger partial charge in [-0.2, -0.15) is 4.98 Å². The zero-order valence-corrected chi connectivity index (χ0v) is 22.0. The van der Waals surface area contributed by atoms with Crippen LogP contribution in [0.3, 0.4) is 0 Å². The molecule has 0 radical (unpaired) electrons. The zero-order valence-electron chi connectivity index (χ0n) is 22.0. The minimum atomic E-state index is -0.360. The van der Waals surface area contributed by atoms with Crippen molar-refractivity contribution in [2.24, 2.45) is 5.41 Å². The average Bonchev–Trinajstić information content (AvgIpc) is 3.28. The van der Waals surface area contributed by atoms with Gasteiger partial charge in [0.25, 0.3) is 0 Å². The van der Waals surface area contributed by atoms with Crippen LogP contribution in [0.5, 0.6) is 5.75 Å². The summed E-state index contributed by atoms with van der Waals surface area (Å²) in [5, 5.41) is 20.2. The third kappa shape index (κ3) is 3.84. The van der Waals surface area contributed by atoms with Gasteiger partial charge < -0.3 is 25.5 Å². The molecule has 5 heterocycles. The standard InChI is InChI=1S/C31H33FN6O/c32-27-24(26-13-22(39)12-19-4-1-2-5-23(19)26)8-9-25-28(27)35-30(38-17-31(18-38)10-3-11-33-16-31)36-29(25)37-14-20-6-7-21(15-37)34-20/h1-2,4-5,8-9,12-13,20-21,33-34,39H,3,6-7,10-11,14-18H2. The van der Waals surface area contributed by atoms with Gasteiger partial charge in [0, 0.05) is 61.2 Å². The lowest BCUT2D eigenvalue weighted by atomic mass is 9.74. The van der Waals surface area contributed by atoms with E-state index in [0.717, 1.165) is 61.2 Å². The van der Waals surface area contributed by atoms with Crippen LogP contribution in [-0.2, 0) is 0 Å². The number of nitrogens with zero attached hydrogens (tertiary/aromatic N) is 4. The molecule has 4 fully saturated rings. The number of rotatable bonds is 3. The molecule has 0 saturated carbocycles. The Morgan fingerprint density at radius 1 is 0.923 bits per heavy atom. The van der Waals surface area contributed by atoms with Gasteiger partial charge in [-0.05, 0) is 66.8 Å². The maximum atomic E-state index is 16.6. The summed E-state index contributed by atoms with van der Waals surface area (Å²) >= 11 is 0. The second kappa shape index (κ2) is 8.76. The predicted molar refractivity (Wildman–Crippen MR) is 153 cm³/mol. The second-order valence-electron chi connectivity index (χ2n) is 12.1. The number of hydrogen-bond acceptors (Lipinski definition) is 7. The van der Waals surface area contributed by atoms with E-state index in [4.69, 9.17) is 9.97 Å². The van der Waals surface area contributed by atoms with E-state index >= 15 is 4.39 Å². The summed E-state index contributed by atoms with van der Waals surface area (Å²) in [7, 11) is 0. The first-order chi connectivity index (χ1) is 19.1. The normalized spacial score (nSPS) is 24.0. The SMILES string of the molecule is Oc1cc(-c2ccc3c(N4CC5CCC(C4)N5)nc(N4CC5(CCCNC5)C4)nc3c2F)c2ccccc2c1. The van der Waals surface area contributed by atoms with Crippen molar-refractivity contribution >= 4 is 33.4 Å². The van der Waals surface area contributed by atoms with Crippen LogP contribution in [0.1, 0.15) is 25.7 Å². The summed E-state index contributed by atoms with van der Waals surface area (Å²) in [6, 6.07) is 15.8. The van der Waals surface area contributed by atoms with E-state index in [0.29, 0.717) is 34.7 Å². The molecule has 2 bridgehead atoms. The summed E-state index contributed by atoms with van der Waals surface area (Å²) in [5.74, 6) is 1.22. The molecule has 1 aromatic heterocycles. The van der Waals surface area contributed by atoms with E-state index < -0.39 is 0 Å². The lowest BCUT2D eigenvalue weighted by Crippen LogP contribution is -2.63. The number of nitrogens with one attached hydrogen (secondary N) is 2. The van der Waals surface area contributed by atoms with Gasteiger partial charge in [-0.15, -0.1) is 0 Å². The van der Waals surface area contributed by atoms with Crippen molar-refractivity contribution in [2.45, 2.75) is 37.8 Å². The summed E-state index contributed by atoms with van der Waals surface area (Å²) < 4.78 is 16.6. The number of halogens is 1. The number of hydrogen-bond donors (Lipinski definition) is 3. The third-order valence-electron chi connectivity index (χ3n) is 9.32. The highest BCUT2D eigenvalue weighted by atomic mass is 19.1. The van der Waals surface area contributed by atoms with Gasteiger partial charge in [0.15, 0.2) is 5.82 Å². The van der Waals surface area contributed by atoms with Crippen LogP contribution in [0.4, 0.5) is 16.2 Å². The number of aromatic nitrogens is 2. The van der Waals surface area contributed by atoms with Gasteiger partial charge in [0.05, 0.1) is 0 Å². The second-order valence-corrected chi connectivity index (χ2v) is 12.1. The number of fused-ring (bicyclic) bond motifs is 4. The van der Waals surface area contributed by atoms with Gasteiger partial charge in [0.1, 0.15) is 17.1 Å². The van der Waals surface area contributed by atoms with Crippen molar-refractivity contribution in [3.8, 4) is 16.9 Å². The first-order valence-corrected chi connectivity index (χ1v) is 14.2. The highest BCUT2D eigenvalue weighted by Crippen LogP contribution is 2.42. The molecule has 0 amide bonds. The Hall–Kier alpha value is -3.49. The van der Waals surface area contributed by atoms with Gasteiger partial charge in [0.2, 0.25) is 5.95 Å². The number of piperidine rings is 1. The summed E-state index contributed by atoms with van der Waals surface area (Å²) in [6.45, 7) is 5.65. The fourth-order valence-corrected chi connectivity index (χ4v) is 7.42. The minimum absolute atomic E-state index is 0.121. The third-order valence-corrected chi connectivity index (χ3v) is 9.32. The maximum absolute atomic E-state index is 16.6. The lowest BCUT2D eigenvalue weighted by molar-refractivity contribution is 0.155. The van der Waals surface area contributed by atoms with Crippen LogP contribution in [0.15, 0.2) is 48.5 Å². The number of anilines is 2. The Morgan fingerprint density at radius 2 is 1.74 bits per heavy atom. The lowest BCUT2D eigenvalue weighted by Gasteiger charge is -2.52. The van der Waals surface area contributed by atoms with E-state index in [1.54, 1.807) is 12.1 Å². The van der Waals surface area contributed by atoms with Crippen LogP contribution >= 0.6 is 0 Å². The smallest absolute Gasteiger partial charge is 0.228 e. The molecule has 3 N–H and O–H groups in total. The molecule has 7 nitrogen and oxygen atoms in total. The minimum Gasteiger partial charge on any atom is -0.508 e. The molecular weight excluding hydrogens is 491 g/mol. The quantitative estimate of drug-likeness (QED) is 0.366. The van der Waals surface area contributed by atoms with E-state index in [1.807, 2.05) is 36.4 Å². The average molecular weight is 525 g/mol. The number of piperazine rings is 1. The molecule has 3 aromatic carbocycles. The molecule has 8 rings (SSSR count). The largest absolute Gasteiger partial charge is 0.508 e. The monoisotopic (exact) mass is 524 g/mol. The molecular formula is C31H33FN6O. The first kappa shape index (κ1) is 23.4. The fourth-order valence-electron chi connectivity index (χ4n) is 7.42. The van der Waals surface area contributed by atoms with Crippen molar-refractivity contribution in [2.75, 3.05) is 49.1 Å². The molecule has 4 aliphatic rings. The van der Waals surface area contributed by atoms with Crippen molar-refractivity contribution in [3.63, 3.8) is 0 Å². The van der Waals surface area contributed by atoms with Crippen LogP contribution in [-0.4, -0.2) is 66.4 Å². The van der Waals surface area contributed by atoms with Crippen LogP contribution in [0.2, 0.25) is 0 Å². The molecule has 39 heavy (non-hydrogen) atoms. The Balaban J connectivity index is 1.27. The summed E-state index contributed by atoms with van der Waals surface area (Å²) in [5.41, 5.74) is 1.74. The van der Waals surface area contributed by atoms with Crippen LogP contribution in [0.25, 0.3) is 32.8 Å². The Labute approximate surface area is 227 Å². The summed E-state index contributed by atoms with van der Waals surface area (Å²) in [6.07, 6.45) is 4.74.